The maximum atomic E-state index is 12.2. The average Bonchev–Trinajstić information content (AvgIpc) is 2.75. The number of anilines is 1. The normalized spacial score (nSPS) is 22.4. The predicted octanol–water partition coefficient (Wildman–Crippen LogP) is 0.882. The van der Waals surface area contributed by atoms with Crippen LogP contribution in [0.5, 0.6) is 0 Å². The minimum absolute atomic E-state index is 0.107. The number of esters is 1. The van der Waals surface area contributed by atoms with Gasteiger partial charge < -0.3 is 15.2 Å². The van der Waals surface area contributed by atoms with Crippen molar-refractivity contribution in [1.82, 2.24) is 10.2 Å². The lowest BCUT2D eigenvalue weighted by Crippen LogP contribution is -2.20. The molecule has 0 unspecified atom stereocenters. The number of carbonyl (C=O) groups excluding carboxylic acids is 2. The Balaban J connectivity index is 2.10. The summed E-state index contributed by atoms with van der Waals surface area (Å²) in [7, 11) is 0. The average molecular weight is 295 g/mol. The molecule has 0 aliphatic heterocycles. The van der Waals surface area contributed by atoms with Gasteiger partial charge >= 0.3 is 11.9 Å². The molecule has 0 radical (unpaired) electrons. The van der Waals surface area contributed by atoms with Gasteiger partial charge in [0.2, 0.25) is 5.91 Å². The van der Waals surface area contributed by atoms with Crippen LogP contribution >= 0.6 is 0 Å². The van der Waals surface area contributed by atoms with E-state index in [4.69, 9.17) is 9.84 Å². The standard InChI is InChI=1S/C13H17N3O5/c1-4-21-12(20)6-5-14-16-9(6)15-10(17)7-8(11(18)19)13(7,2)3/h5,7-8H,4H2,1-3H3,(H,18,19)(H2,14,15,16,17)/t7-,8+/m1/s1. The SMILES string of the molecule is CCOC(=O)c1cn[nH]c1NC(=O)[C@H]1[C@@H](C(=O)O)C1(C)C. The van der Waals surface area contributed by atoms with E-state index in [-0.39, 0.29) is 18.0 Å². The summed E-state index contributed by atoms with van der Waals surface area (Å²) in [4.78, 5) is 34.9. The molecule has 0 aromatic carbocycles. The topological polar surface area (TPSA) is 121 Å². The molecule has 1 fully saturated rings. The van der Waals surface area contributed by atoms with Gasteiger partial charge in [0, 0.05) is 0 Å². The van der Waals surface area contributed by atoms with Gasteiger partial charge in [0.15, 0.2) is 0 Å². The molecule has 21 heavy (non-hydrogen) atoms. The lowest BCUT2D eigenvalue weighted by molar-refractivity contribution is -0.140. The number of hydrogen-bond donors (Lipinski definition) is 3. The summed E-state index contributed by atoms with van der Waals surface area (Å²) in [5.41, 5.74) is -0.504. The quantitative estimate of drug-likeness (QED) is 0.693. The summed E-state index contributed by atoms with van der Waals surface area (Å²) in [5.74, 6) is -3.32. The van der Waals surface area contributed by atoms with Gasteiger partial charge in [-0.3, -0.25) is 14.7 Å². The third kappa shape index (κ3) is 2.61. The van der Waals surface area contributed by atoms with Gasteiger partial charge in [0.1, 0.15) is 11.4 Å². The molecule has 1 aliphatic rings. The van der Waals surface area contributed by atoms with E-state index in [0.29, 0.717) is 0 Å². The Labute approximate surface area is 120 Å². The summed E-state index contributed by atoms with van der Waals surface area (Å²) in [5, 5.41) is 17.8. The van der Waals surface area contributed by atoms with Crippen molar-refractivity contribution in [2.24, 2.45) is 17.3 Å². The number of nitrogens with one attached hydrogen (secondary N) is 2. The molecule has 114 valence electrons. The number of ether oxygens (including phenoxy) is 1. The molecule has 0 bridgehead atoms. The summed E-state index contributed by atoms with van der Waals surface area (Å²) in [6, 6.07) is 0. The van der Waals surface area contributed by atoms with Crippen LogP contribution < -0.4 is 5.32 Å². The van der Waals surface area contributed by atoms with Crippen molar-refractivity contribution in [2.75, 3.05) is 11.9 Å². The second-order valence-electron chi connectivity index (χ2n) is 5.48. The first-order valence-electron chi connectivity index (χ1n) is 6.54. The maximum absolute atomic E-state index is 12.2. The zero-order chi connectivity index (χ0) is 15.8. The fourth-order valence-electron chi connectivity index (χ4n) is 2.53. The largest absolute Gasteiger partial charge is 0.481 e. The molecular formula is C13H17N3O5. The Hall–Kier alpha value is -2.38. The Morgan fingerprint density at radius 1 is 1.43 bits per heavy atom. The van der Waals surface area contributed by atoms with Gasteiger partial charge in [0.05, 0.1) is 24.6 Å². The number of aromatic amines is 1. The Morgan fingerprint density at radius 2 is 2.10 bits per heavy atom. The molecule has 1 heterocycles. The van der Waals surface area contributed by atoms with Crippen LogP contribution in [0.3, 0.4) is 0 Å². The van der Waals surface area contributed by atoms with E-state index in [9.17, 15) is 14.4 Å². The molecule has 1 amide bonds. The number of carboxylic acids is 1. The second-order valence-corrected chi connectivity index (χ2v) is 5.48. The number of carbonyl (C=O) groups is 3. The summed E-state index contributed by atoms with van der Waals surface area (Å²) >= 11 is 0. The highest BCUT2D eigenvalue weighted by Gasteiger charge is 2.66. The molecule has 0 spiro atoms. The van der Waals surface area contributed by atoms with Crippen LogP contribution in [0.25, 0.3) is 0 Å². The number of rotatable bonds is 5. The molecule has 2 atom stereocenters. The highest BCUT2D eigenvalue weighted by Crippen LogP contribution is 2.58. The highest BCUT2D eigenvalue weighted by molar-refractivity contribution is 6.03. The third-order valence-electron chi connectivity index (χ3n) is 3.76. The van der Waals surface area contributed by atoms with Gasteiger partial charge in [-0.05, 0) is 12.3 Å². The summed E-state index contributed by atoms with van der Waals surface area (Å²) in [6.45, 7) is 5.30. The number of aliphatic carboxylic acids is 1. The molecule has 8 nitrogen and oxygen atoms in total. The van der Waals surface area contributed by atoms with Crippen molar-refractivity contribution >= 4 is 23.7 Å². The number of nitrogens with zero attached hydrogens (tertiary/aromatic N) is 1. The van der Waals surface area contributed by atoms with E-state index in [1.165, 1.54) is 6.20 Å². The number of carboxylic acid groups (broad SMARTS) is 1. The molecule has 1 aromatic rings. The Morgan fingerprint density at radius 3 is 2.62 bits per heavy atom. The van der Waals surface area contributed by atoms with Crippen LogP contribution in [-0.4, -0.2) is 39.8 Å². The molecule has 1 aliphatic carbocycles. The zero-order valence-electron chi connectivity index (χ0n) is 12.0. The van der Waals surface area contributed by atoms with Gasteiger partial charge in [-0.1, -0.05) is 13.8 Å². The molecular weight excluding hydrogens is 278 g/mol. The van der Waals surface area contributed by atoms with Gasteiger partial charge in [-0.2, -0.15) is 5.10 Å². The van der Waals surface area contributed by atoms with E-state index in [0.717, 1.165) is 0 Å². The maximum Gasteiger partial charge on any atom is 0.343 e. The first-order valence-corrected chi connectivity index (χ1v) is 6.54. The summed E-state index contributed by atoms with van der Waals surface area (Å²) < 4.78 is 4.84. The van der Waals surface area contributed by atoms with Crippen LogP contribution in [0, 0.1) is 17.3 Å². The monoisotopic (exact) mass is 295 g/mol. The van der Waals surface area contributed by atoms with E-state index in [1.54, 1.807) is 20.8 Å². The molecule has 2 rings (SSSR count). The smallest absolute Gasteiger partial charge is 0.343 e. The predicted molar refractivity (Wildman–Crippen MR) is 71.6 cm³/mol. The number of hydrogen-bond acceptors (Lipinski definition) is 5. The van der Waals surface area contributed by atoms with Gasteiger partial charge in [-0.25, -0.2) is 4.79 Å². The number of amides is 1. The van der Waals surface area contributed by atoms with E-state index in [1.807, 2.05) is 0 Å². The number of aromatic nitrogens is 2. The second kappa shape index (κ2) is 5.19. The van der Waals surface area contributed by atoms with Crippen molar-refractivity contribution in [3.8, 4) is 0 Å². The first kappa shape index (κ1) is 15.0. The van der Waals surface area contributed by atoms with Gasteiger partial charge in [-0.15, -0.1) is 0 Å². The molecule has 0 saturated heterocycles. The van der Waals surface area contributed by atoms with Crippen LogP contribution in [-0.2, 0) is 14.3 Å². The van der Waals surface area contributed by atoms with Crippen LogP contribution in [0.1, 0.15) is 31.1 Å². The van der Waals surface area contributed by atoms with Crippen LogP contribution in [0.4, 0.5) is 5.82 Å². The molecule has 1 saturated carbocycles. The third-order valence-corrected chi connectivity index (χ3v) is 3.76. The Kier molecular flexibility index (Phi) is 3.71. The van der Waals surface area contributed by atoms with Crippen molar-refractivity contribution in [3.05, 3.63) is 11.8 Å². The Bertz CT molecular complexity index is 592. The van der Waals surface area contributed by atoms with Crippen molar-refractivity contribution < 1.29 is 24.2 Å². The summed E-state index contributed by atoms with van der Waals surface area (Å²) in [6.07, 6.45) is 1.25. The van der Waals surface area contributed by atoms with E-state index in [2.05, 4.69) is 15.5 Å². The molecule has 3 N–H and O–H groups in total. The van der Waals surface area contributed by atoms with Crippen molar-refractivity contribution in [2.45, 2.75) is 20.8 Å². The lowest BCUT2D eigenvalue weighted by atomic mass is 10.1. The zero-order valence-corrected chi connectivity index (χ0v) is 12.0. The van der Waals surface area contributed by atoms with Gasteiger partial charge in [0.25, 0.3) is 0 Å². The van der Waals surface area contributed by atoms with E-state index >= 15 is 0 Å². The molecule has 1 aromatic heterocycles. The van der Waals surface area contributed by atoms with E-state index < -0.39 is 35.1 Å². The fourth-order valence-corrected chi connectivity index (χ4v) is 2.53. The first-order chi connectivity index (χ1) is 9.80. The van der Waals surface area contributed by atoms with Crippen molar-refractivity contribution in [3.63, 3.8) is 0 Å². The number of H-pyrrole nitrogens is 1. The van der Waals surface area contributed by atoms with Crippen LogP contribution in [0.15, 0.2) is 6.20 Å². The minimum atomic E-state index is -1.00. The fraction of sp³-hybridized carbons (Fsp3) is 0.538. The van der Waals surface area contributed by atoms with Crippen LogP contribution in [0.2, 0.25) is 0 Å². The highest BCUT2D eigenvalue weighted by atomic mass is 16.5. The minimum Gasteiger partial charge on any atom is -0.481 e. The molecule has 8 heteroatoms. The lowest BCUT2D eigenvalue weighted by Gasteiger charge is -2.06. The van der Waals surface area contributed by atoms with Crippen molar-refractivity contribution in [1.29, 1.82) is 0 Å².